The van der Waals surface area contributed by atoms with Crippen LogP contribution >= 0.6 is 0 Å². The van der Waals surface area contributed by atoms with Gasteiger partial charge in [-0.05, 0) is 74.1 Å². The molecule has 2 rings (SSSR count). The second kappa shape index (κ2) is 6.18. The highest BCUT2D eigenvalue weighted by molar-refractivity contribution is 6.10. The average molecular weight is 293 g/mol. The molecule has 0 radical (unpaired) electrons. The highest BCUT2D eigenvalue weighted by Gasteiger charge is 2.16. The molecule has 0 atom stereocenters. The van der Waals surface area contributed by atoms with Gasteiger partial charge in [0.1, 0.15) is 0 Å². The number of allylic oxidation sites excluding steroid dienone is 1. The van der Waals surface area contributed by atoms with Crippen LogP contribution in [0.4, 0.5) is 0 Å². The maximum Gasteiger partial charge on any atom is 0.185 e. The first kappa shape index (κ1) is 16.0. The first-order chi connectivity index (χ1) is 10.3. The zero-order chi connectivity index (χ0) is 16.4. The van der Waals surface area contributed by atoms with Crippen molar-refractivity contribution in [3.63, 3.8) is 0 Å². The van der Waals surface area contributed by atoms with E-state index in [-0.39, 0.29) is 11.5 Å². The number of hydrogen-bond donors (Lipinski definition) is 0. The Morgan fingerprint density at radius 1 is 0.818 bits per heavy atom. The lowest BCUT2D eigenvalue weighted by molar-refractivity contribution is -0.243. The molecule has 2 nitrogen and oxygen atoms in total. The van der Waals surface area contributed by atoms with Crippen molar-refractivity contribution in [1.82, 2.24) is 0 Å². The van der Waals surface area contributed by atoms with Crippen molar-refractivity contribution in [1.29, 1.82) is 0 Å². The molecule has 2 aromatic carbocycles. The van der Waals surface area contributed by atoms with Crippen LogP contribution in [0.1, 0.15) is 43.7 Å². The Morgan fingerprint density at radius 3 is 1.77 bits per heavy atom. The number of carbonyl (C=O) groups excluding carboxylic acids is 1. The van der Waals surface area contributed by atoms with Gasteiger partial charge in [-0.3, -0.25) is 4.79 Å². The van der Waals surface area contributed by atoms with Crippen molar-refractivity contribution in [2.75, 3.05) is 0 Å². The minimum atomic E-state index is -0.250. The Kier molecular flexibility index (Phi) is 4.51. The first-order valence-electron chi connectivity index (χ1n) is 7.40. The lowest BCUT2D eigenvalue weighted by atomic mass is 9.87. The largest absolute Gasteiger partial charge is 0.872 e. The lowest BCUT2D eigenvalue weighted by Gasteiger charge is -2.18. The van der Waals surface area contributed by atoms with E-state index in [1.165, 1.54) is 11.6 Å². The number of ketones is 1. The Labute approximate surface area is 132 Å². The van der Waals surface area contributed by atoms with Crippen LogP contribution in [0.2, 0.25) is 0 Å². The fourth-order valence-corrected chi connectivity index (χ4v) is 2.75. The smallest absolute Gasteiger partial charge is 0.185 e. The Balaban J connectivity index is 2.52. The molecular formula is C20H21O2-. The topological polar surface area (TPSA) is 40.1 Å². The van der Waals surface area contributed by atoms with Crippen LogP contribution in [0, 0.1) is 34.6 Å². The van der Waals surface area contributed by atoms with Crippen LogP contribution in [0.15, 0.2) is 36.4 Å². The van der Waals surface area contributed by atoms with Gasteiger partial charge in [0.05, 0.1) is 0 Å². The molecule has 2 heteroatoms. The third kappa shape index (κ3) is 2.82. The molecule has 0 saturated carbocycles. The van der Waals surface area contributed by atoms with Gasteiger partial charge in [-0.25, -0.2) is 0 Å². The Morgan fingerprint density at radius 2 is 1.27 bits per heavy atom. The molecule has 114 valence electrons. The van der Waals surface area contributed by atoms with Crippen molar-refractivity contribution in [3.8, 4) is 0 Å². The normalized spacial score (nSPS) is 11.6. The molecule has 0 heterocycles. The predicted octanol–water partition coefficient (Wildman–Crippen LogP) is 3.81. The van der Waals surface area contributed by atoms with Crippen LogP contribution < -0.4 is 5.11 Å². The van der Waals surface area contributed by atoms with Gasteiger partial charge in [-0.15, -0.1) is 0 Å². The molecule has 0 aliphatic heterocycles. The van der Waals surface area contributed by atoms with Gasteiger partial charge in [0.25, 0.3) is 0 Å². The van der Waals surface area contributed by atoms with E-state index < -0.39 is 0 Å². The first-order valence-corrected chi connectivity index (χ1v) is 7.40. The van der Waals surface area contributed by atoms with Gasteiger partial charge in [-0.2, -0.15) is 0 Å². The van der Waals surface area contributed by atoms with Crippen LogP contribution in [-0.2, 0) is 0 Å². The average Bonchev–Trinajstić information content (AvgIpc) is 2.52. The molecular weight excluding hydrogens is 272 g/mol. The summed E-state index contributed by atoms with van der Waals surface area (Å²) in [5.74, 6) is -0.463. The number of carbonyl (C=O) groups is 1. The molecule has 0 bridgehead atoms. The van der Waals surface area contributed by atoms with Crippen LogP contribution in [0.25, 0.3) is 5.76 Å². The van der Waals surface area contributed by atoms with Gasteiger partial charge in [0, 0.05) is 5.56 Å². The van der Waals surface area contributed by atoms with E-state index in [1.807, 2.05) is 33.8 Å². The highest BCUT2D eigenvalue weighted by Crippen LogP contribution is 2.27. The number of rotatable bonds is 3. The third-order valence-corrected chi connectivity index (χ3v) is 4.57. The van der Waals surface area contributed by atoms with E-state index in [2.05, 4.69) is 6.92 Å². The Hall–Kier alpha value is -2.35. The maximum atomic E-state index is 12.6. The molecule has 2 aromatic rings. The minimum absolute atomic E-state index is 0.213. The fraction of sp³-hybridized carbons (Fsp3) is 0.250. The van der Waals surface area contributed by atoms with Crippen LogP contribution in [-0.4, -0.2) is 5.78 Å². The van der Waals surface area contributed by atoms with Crippen molar-refractivity contribution in [3.05, 3.63) is 75.4 Å². The zero-order valence-corrected chi connectivity index (χ0v) is 13.8. The standard InChI is InChI=1S/C20H22O2/c1-12-13(2)15(4)20(16(5)14(12)3)19(22)11-18(21)17-9-7-6-8-10-17/h6-11,21H,1-5H3/p-1/b18-11-. The minimum Gasteiger partial charge on any atom is -0.872 e. The van der Waals surface area contributed by atoms with Gasteiger partial charge in [-0.1, -0.05) is 36.1 Å². The summed E-state index contributed by atoms with van der Waals surface area (Å²) < 4.78 is 0. The van der Waals surface area contributed by atoms with Crippen LogP contribution in [0.3, 0.4) is 0 Å². The molecule has 0 unspecified atom stereocenters. The molecule has 0 saturated heterocycles. The van der Waals surface area contributed by atoms with E-state index >= 15 is 0 Å². The number of hydrogen-bond acceptors (Lipinski definition) is 2. The molecule has 0 N–H and O–H groups in total. The summed E-state index contributed by atoms with van der Waals surface area (Å²) in [5.41, 5.74) is 6.56. The van der Waals surface area contributed by atoms with Crippen molar-refractivity contribution in [2.45, 2.75) is 34.6 Å². The second-order valence-corrected chi connectivity index (χ2v) is 5.74. The lowest BCUT2D eigenvalue weighted by Crippen LogP contribution is -2.11. The monoisotopic (exact) mass is 293 g/mol. The summed E-state index contributed by atoms with van der Waals surface area (Å²) in [7, 11) is 0. The van der Waals surface area contributed by atoms with E-state index in [1.54, 1.807) is 24.3 Å². The summed E-state index contributed by atoms with van der Waals surface area (Å²) in [6.45, 7) is 10.0. The van der Waals surface area contributed by atoms with Crippen molar-refractivity contribution >= 4 is 11.5 Å². The van der Waals surface area contributed by atoms with Gasteiger partial charge in [0.2, 0.25) is 0 Å². The van der Waals surface area contributed by atoms with E-state index in [0.29, 0.717) is 11.1 Å². The van der Waals surface area contributed by atoms with E-state index in [4.69, 9.17) is 0 Å². The predicted molar refractivity (Wildman–Crippen MR) is 88.9 cm³/mol. The molecule has 22 heavy (non-hydrogen) atoms. The summed E-state index contributed by atoms with van der Waals surface area (Å²) in [4.78, 5) is 12.6. The quantitative estimate of drug-likeness (QED) is 0.490. The summed E-state index contributed by atoms with van der Waals surface area (Å²) in [6.07, 6.45) is 1.21. The molecule has 0 spiro atoms. The van der Waals surface area contributed by atoms with E-state index in [9.17, 15) is 9.90 Å². The highest BCUT2D eigenvalue weighted by atomic mass is 16.3. The zero-order valence-electron chi connectivity index (χ0n) is 13.8. The third-order valence-electron chi connectivity index (χ3n) is 4.57. The summed E-state index contributed by atoms with van der Waals surface area (Å²) in [5, 5.41) is 12.2. The molecule has 0 fully saturated rings. The fourth-order valence-electron chi connectivity index (χ4n) is 2.75. The van der Waals surface area contributed by atoms with E-state index in [0.717, 1.165) is 22.3 Å². The van der Waals surface area contributed by atoms with Crippen molar-refractivity contribution < 1.29 is 9.90 Å². The molecule has 0 aliphatic carbocycles. The summed E-state index contributed by atoms with van der Waals surface area (Å²) >= 11 is 0. The van der Waals surface area contributed by atoms with Crippen LogP contribution in [0.5, 0.6) is 0 Å². The Bertz CT molecular complexity index is 724. The van der Waals surface area contributed by atoms with Gasteiger partial charge < -0.3 is 5.11 Å². The number of benzene rings is 2. The SMILES string of the molecule is Cc1c(C)c(C)c(C(=O)/C=C(\[O-])c2ccccc2)c(C)c1C. The molecule has 0 aromatic heterocycles. The molecule has 0 aliphatic rings. The summed E-state index contributed by atoms with van der Waals surface area (Å²) in [6, 6.07) is 8.87. The van der Waals surface area contributed by atoms with Gasteiger partial charge >= 0.3 is 0 Å². The van der Waals surface area contributed by atoms with Gasteiger partial charge in [0.15, 0.2) is 5.78 Å². The molecule has 0 amide bonds. The maximum absolute atomic E-state index is 12.6. The second-order valence-electron chi connectivity index (χ2n) is 5.74. The van der Waals surface area contributed by atoms with Crippen molar-refractivity contribution in [2.24, 2.45) is 0 Å².